The van der Waals surface area contributed by atoms with E-state index in [1.54, 1.807) is 6.20 Å². The summed E-state index contributed by atoms with van der Waals surface area (Å²) in [4.78, 5) is 30.5. The zero-order valence-corrected chi connectivity index (χ0v) is 12.1. The first-order valence-electron chi connectivity index (χ1n) is 7.39. The Morgan fingerprint density at radius 2 is 2.05 bits per heavy atom. The van der Waals surface area contributed by atoms with Crippen LogP contribution in [0.5, 0.6) is 0 Å². The van der Waals surface area contributed by atoms with E-state index < -0.39 is 5.91 Å². The van der Waals surface area contributed by atoms with Crippen LogP contribution in [0, 0.1) is 5.92 Å². The molecule has 0 radical (unpaired) electrons. The first-order valence-corrected chi connectivity index (χ1v) is 7.39. The Labute approximate surface area is 127 Å². The molecule has 1 saturated carbocycles. The second kappa shape index (κ2) is 5.67. The van der Waals surface area contributed by atoms with E-state index in [0.29, 0.717) is 16.9 Å². The summed E-state index contributed by atoms with van der Waals surface area (Å²) in [7, 11) is 0. The molecule has 1 aliphatic carbocycles. The van der Waals surface area contributed by atoms with Gasteiger partial charge in [0.2, 0.25) is 5.91 Å². The van der Waals surface area contributed by atoms with Crippen molar-refractivity contribution in [3.05, 3.63) is 24.0 Å². The van der Waals surface area contributed by atoms with E-state index in [1.807, 2.05) is 6.07 Å². The summed E-state index contributed by atoms with van der Waals surface area (Å²) in [5, 5.41) is 4.11. The molecule has 1 aliphatic rings. The molecule has 0 spiro atoms. The highest BCUT2D eigenvalue weighted by molar-refractivity contribution is 6.06. The first kappa shape index (κ1) is 14.4. The van der Waals surface area contributed by atoms with Crippen LogP contribution in [0.1, 0.15) is 36.0 Å². The van der Waals surface area contributed by atoms with Crippen LogP contribution in [0.3, 0.4) is 0 Å². The maximum atomic E-state index is 11.7. The summed E-state index contributed by atoms with van der Waals surface area (Å²) >= 11 is 0. The lowest BCUT2D eigenvalue weighted by molar-refractivity contribution is -0.122. The molecule has 0 aromatic carbocycles. The van der Waals surface area contributed by atoms with Crippen molar-refractivity contribution in [3.8, 4) is 0 Å². The Morgan fingerprint density at radius 3 is 2.77 bits per heavy atom. The smallest absolute Gasteiger partial charge is 0.252 e. The van der Waals surface area contributed by atoms with E-state index in [4.69, 9.17) is 11.5 Å². The summed E-state index contributed by atoms with van der Waals surface area (Å²) in [5.74, 6) is -1.10. The molecule has 2 aromatic rings. The lowest BCUT2D eigenvalue weighted by Gasteiger charge is -2.31. The quantitative estimate of drug-likeness (QED) is 0.674. The van der Waals surface area contributed by atoms with Crippen molar-refractivity contribution in [1.29, 1.82) is 0 Å². The molecular weight excluding hydrogens is 282 g/mol. The Hall–Kier alpha value is -2.57. The fraction of sp³-hybridized carbons (Fsp3) is 0.400. The van der Waals surface area contributed by atoms with Gasteiger partial charge in [0.1, 0.15) is 5.65 Å². The average molecular weight is 301 g/mol. The fourth-order valence-corrected chi connectivity index (χ4v) is 3.18. The third-order valence-corrected chi connectivity index (χ3v) is 4.31. The monoisotopic (exact) mass is 301 g/mol. The van der Waals surface area contributed by atoms with E-state index in [0.717, 1.165) is 31.1 Å². The molecule has 2 amide bonds. The minimum Gasteiger partial charge on any atom is -0.380 e. The van der Waals surface area contributed by atoms with Crippen molar-refractivity contribution in [2.24, 2.45) is 17.4 Å². The summed E-state index contributed by atoms with van der Waals surface area (Å²) in [5.41, 5.74) is 12.6. The number of primary amides is 2. The third-order valence-electron chi connectivity index (χ3n) is 4.31. The van der Waals surface area contributed by atoms with Gasteiger partial charge in [0.25, 0.3) is 5.91 Å². The molecule has 116 valence electrons. The first-order chi connectivity index (χ1) is 10.6. The Bertz CT molecular complexity index is 724. The molecule has 0 aliphatic heterocycles. The number of hydrogen-bond acceptors (Lipinski definition) is 4. The van der Waals surface area contributed by atoms with Crippen molar-refractivity contribution in [2.75, 3.05) is 5.32 Å². The Balaban J connectivity index is 2.01. The minimum absolute atomic E-state index is 0.0927. The van der Waals surface area contributed by atoms with E-state index >= 15 is 0 Å². The zero-order valence-electron chi connectivity index (χ0n) is 12.1. The van der Waals surface area contributed by atoms with Gasteiger partial charge in [-0.25, -0.2) is 4.98 Å². The second-order valence-corrected chi connectivity index (χ2v) is 5.70. The van der Waals surface area contributed by atoms with Crippen LogP contribution in [0.15, 0.2) is 18.5 Å². The molecule has 2 heterocycles. The predicted octanol–water partition coefficient (Wildman–Crippen LogP) is 1.12. The van der Waals surface area contributed by atoms with Crippen molar-refractivity contribution in [2.45, 2.75) is 31.7 Å². The van der Waals surface area contributed by atoms with E-state index in [-0.39, 0.29) is 17.9 Å². The fourth-order valence-electron chi connectivity index (χ4n) is 3.18. The van der Waals surface area contributed by atoms with Crippen LogP contribution in [0.4, 0.5) is 5.69 Å². The van der Waals surface area contributed by atoms with Crippen molar-refractivity contribution < 1.29 is 9.59 Å². The number of nitrogens with zero attached hydrogens (tertiary/aromatic N) is 1. The van der Waals surface area contributed by atoms with E-state index in [2.05, 4.69) is 15.3 Å². The summed E-state index contributed by atoms with van der Waals surface area (Å²) in [6, 6.07) is 1.74. The van der Waals surface area contributed by atoms with Crippen LogP contribution in [-0.2, 0) is 4.79 Å². The molecule has 7 heteroatoms. The molecule has 2 aromatic heterocycles. The number of amides is 2. The topological polar surface area (TPSA) is 127 Å². The lowest BCUT2D eigenvalue weighted by atomic mass is 9.83. The molecule has 3 rings (SSSR count). The number of hydrogen-bond donors (Lipinski definition) is 4. The summed E-state index contributed by atoms with van der Waals surface area (Å²) in [6.07, 6.45) is 6.81. The van der Waals surface area contributed by atoms with Gasteiger partial charge in [-0.1, -0.05) is 12.8 Å². The Kier molecular flexibility index (Phi) is 3.70. The lowest BCUT2D eigenvalue weighted by Crippen LogP contribution is -2.41. The number of pyridine rings is 1. The van der Waals surface area contributed by atoms with Crippen molar-refractivity contribution >= 4 is 28.5 Å². The molecule has 0 saturated heterocycles. The normalized spacial score (nSPS) is 21.6. The number of H-pyrrole nitrogens is 1. The van der Waals surface area contributed by atoms with Crippen LogP contribution >= 0.6 is 0 Å². The number of carbonyl (C=O) groups excluding carboxylic acids is 2. The highest BCUT2D eigenvalue weighted by atomic mass is 16.1. The molecule has 6 N–H and O–H groups in total. The molecule has 1 fully saturated rings. The van der Waals surface area contributed by atoms with Gasteiger partial charge in [-0.15, -0.1) is 0 Å². The zero-order chi connectivity index (χ0) is 15.7. The van der Waals surface area contributed by atoms with Gasteiger partial charge in [-0.3, -0.25) is 9.59 Å². The third kappa shape index (κ3) is 2.49. The number of fused-ring (bicyclic) bond motifs is 1. The molecule has 2 atom stereocenters. The summed E-state index contributed by atoms with van der Waals surface area (Å²) in [6.45, 7) is 0. The van der Waals surface area contributed by atoms with Crippen molar-refractivity contribution in [1.82, 2.24) is 9.97 Å². The van der Waals surface area contributed by atoms with Gasteiger partial charge in [0.05, 0.1) is 17.2 Å². The van der Waals surface area contributed by atoms with Gasteiger partial charge in [-0.05, 0) is 18.9 Å². The van der Waals surface area contributed by atoms with Gasteiger partial charge in [0.15, 0.2) is 0 Å². The molecular formula is C15H19N5O2. The highest BCUT2D eigenvalue weighted by Crippen LogP contribution is 2.31. The van der Waals surface area contributed by atoms with Crippen molar-refractivity contribution in [3.63, 3.8) is 0 Å². The molecule has 0 unspecified atom stereocenters. The summed E-state index contributed by atoms with van der Waals surface area (Å²) < 4.78 is 0. The Morgan fingerprint density at radius 1 is 1.27 bits per heavy atom. The van der Waals surface area contributed by atoms with Crippen LogP contribution in [0.2, 0.25) is 0 Å². The molecule has 0 bridgehead atoms. The number of carbonyl (C=O) groups is 2. The SMILES string of the molecule is NC(=O)c1cnc2[nH]ccc2c1N[C@@H]1CCCC[C@@H]1C(N)=O. The van der Waals surface area contributed by atoms with Crippen LogP contribution in [0.25, 0.3) is 11.0 Å². The predicted molar refractivity (Wildman–Crippen MR) is 83.2 cm³/mol. The van der Waals surface area contributed by atoms with Gasteiger partial charge < -0.3 is 21.8 Å². The number of aromatic amines is 1. The van der Waals surface area contributed by atoms with Gasteiger partial charge in [-0.2, -0.15) is 0 Å². The number of nitrogens with one attached hydrogen (secondary N) is 2. The van der Waals surface area contributed by atoms with Gasteiger partial charge in [0, 0.05) is 23.8 Å². The molecule has 22 heavy (non-hydrogen) atoms. The number of nitrogens with two attached hydrogens (primary N) is 2. The van der Waals surface area contributed by atoms with Crippen LogP contribution in [-0.4, -0.2) is 27.8 Å². The number of aromatic nitrogens is 2. The number of anilines is 1. The van der Waals surface area contributed by atoms with E-state index in [9.17, 15) is 9.59 Å². The molecule has 7 nitrogen and oxygen atoms in total. The van der Waals surface area contributed by atoms with E-state index in [1.165, 1.54) is 6.20 Å². The maximum Gasteiger partial charge on any atom is 0.252 e. The standard InChI is InChI=1S/C15H19N5O2/c16-13(21)8-3-1-2-4-11(8)20-12-9-5-6-18-15(9)19-7-10(12)14(17)22/h5-8,11H,1-4H2,(H2,16,21)(H2,17,22)(H2,18,19,20)/t8-,11+/m0/s1. The largest absolute Gasteiger partial charge is 0.380 e. The highest BCUT2D eigenvalue weighted by Gasteiger charge is 2.30. The average Bonchev–Trinajstić information content (AvgIpc) is 2.96. The minimum atomic E-state index is -0.551. The van der Waals surface area contributed by atoms with Crippen LogP contribution < -0.4 is 16.8 Å². The second-order valence-electron chi connectivity index (χ2n) is 5.70. The van der Waals surface area contributed by atoms with Gasteiger partial charge >= 0.3 is 0 Å². The number of rotatable bonds is 4. The maximum absolute atomic E-state index is 11.7.